The van der Waals surface area contributed by atoms with Crippen LogP contribution in [0.1, 0.15) is 38.5 Å². The van der Waals surface area contributed by atoms with Crippen LogP contribution in [-0.4, -0.2) is 39.1 Å². The van der Waals surface area contributed by atoms with Gasteiger partial charge in [0.25, 0.3) is 0 Å². The zero-order valence-corrected chi connectivity index (χ0v) is 14.7. The van der Waals surface area contributed by atoms with Gasteiger partial charge in [0, 0.05) is 18.0 Å². The molecule has 0 N–H and O–H groups in total. The third-order valence-corrected chi connectivity index (χ3v) is 6.93. The number of rotatable bonds is 3. The van der Waals surface area contributed by atoms with E-state index in [-0.39, 0.29) is 5.91 Å². The van der Waals surface area contributed by atoms with Crippen molar-refractivity contribution >= 4 is 39.2 Å². The number of thiophene rings is 1. The van der Waals surface area contributed by atoms with Crippen molar-refractivity contribution in [1.29, 1.82) is 0 Å². The van der Waals surface area contributed by atoms with Gasteiger partial charge in [-0.1, -0.05) is 24.6 Å². The number of carbonyl (C=O) groups is 1. The van der Waals surface area contributed by atoms with Gasteiger partial charge >= 0.3 is 0 Å². The van der Waals surface area contributed by atoms with E-state index in [1.807, 2.05) is 11.4 Å². The van der Waals surface area contributed by atoms with Gasteiger partial charge in [-0.05, 0) is 43.0 Å². The van der Waals surface area contributed by atoms with Crippen molar-refractivity contribution in [2.24, 2.45) is 5.92 Å². The van der Waals surface area contributed by atoms with Crippen molar-refractivity contribution in [1.82, 2.24) is 14.9 Å². The molecule has 1 aliphatic heterocycles. The van der Waals surface area contributed by atoms with Gasteiger partial charge in [-0.2, -0.15) is 0 Å². The van der Waals surface area contributed by atoms with Crippen LogP contribution in [0, 0.1) is 5.92 Å². The van der Waals surface area contributed by atoms with Gasteiger partial charge in [0.15, 0.2) is 0 Å². The third kappa shape index (κ3) is 3.11. The molecule has 6 heteroatoms. The zero-order chi connectivity index (χ0) is 15.6. The normalized spacial score (nSPS) is 24.6. The molecule has 122 valence electrons. The van der Waals surface area contributed by atoms with Crippen LogP contribution in [0.2, 0.25) is 0 Å². The van der Waals surface area contributed by atoms with Gasteiger partial charge in [-0.25, -0.2) is 9.97 Å². The molecule has 1 aliphatic carbocycles. The number of hydrogen-bond acceptors (Lipinski definition) is 5. The summed E-state index contributed by atoms with van der Waals surface area (Å²) in [5, 5.41) is 4.04. The lowest BCUT2D eigenvalue weighted by Gasteiger charge is -2.44. The summed E-state index contributed by atoms with van der Waals surface area (Å²) in [7, 11) is 0. The van der Waals surface area contributed by atoms with E-state index < -0.39 is 0 Å². The second kappa shape index (κ2) is 6.77. The second-order valence-corrected chi connectivity index (χ2v) is 8.31. The minimum absolute atomic E-state index is 0.286. The van der Waals surface area contributed by atoms with Crippen molar-refractivity contribution in [3.63, 3.8) is 0 Å². The molecule has 3 heterocycles. The van der Waals surface area contributed by atoms with Crippen LogP contribution in [-0.2, 0) is 4.79 Å². The van der Waals surface area contributed by atoms with E-state index >= 15 is 0 Å². The molecule has 2 aromatic heterocycles. The Bertz CT molecular complexity index is 700. The smallest absolute Gasteiger partial charge is 0.233 e. The van der Waals surface area contributed by atoms with Gasteiger partial charge < -0.3 is 4.90 Å². The van der Waals surface area contributed by atoms with Crippen LogP contribution in [0.5, 0.6) is 0 Å². The number of aromatic nitrogens is 2. The number of amides is 1. The zero-order valence-electron chi connectivity index (χ0n) is 13.1. The van der Waals surface area contributed by atoms with Crippen LogP contribution in [0.3, 0.4) is 0 Å². The molecule has 1 saturated carbocycles. The molecule has 2 aromatic rings. The average Bonchev–Trinajstić information content (AvgIpc) is 3.08. The minimum Gasteiger partial charge on any atom is -0.339 e. The summed E-state index contributed by atoms with van der Waals surface area (Å²) in [5.41, 5.74) is 0. The van der Waals surface area contributed by atoms with Crippen molar-refractivity contribution in [2.45, 2.75) is 49.6 Å². The SMILES string of the molecule is O=C(CSc1ncnc2sccc12)N1CCC[C@@H]2CCCC[C@H]21. The lowest BCUT2D eigenvalue weighted by atomic mass is 9.78. The highest BCUT2D eigenvalue weighted by molar-refractivity contribution is 8.00. The van der Waals surface area contributed by atoms with Gasteiger partial charge in [-0.3, -0.25) is 4.79 Å². The molecular weight excluding hydrogens is 326 g/mol. The van der Waals surface area contributed by atoms with Crippen LogP contribution in [0.4, 0.5) is 0 Å². The summed E-state index contributed by atoms with van der Waals surface area (Å²) < 4.78 is 0. The van der Waals surface area contributed by atoms with Gasteiger partial charge in [0.2, 0.25) is 5.91 Å². The summed E-state index contributed by atoms with van der Waals surface area (Å²) in [6.45, 7) is 0.943. The molecule has 4 rings (SSSR count). The van der Waals surface area contributed by atoms with E-state index in [1.165, 1.54) is 38.5 Å². The second-order valence-electron chi connectivity index (χ2n) is 6.45. The highest BCUT2D eigenvalue weighted by atomic mass is 32.2. The number of carbonyl (C=O) groups excluding carboxylic acids is 1. The van der Waals surface area contributed by atoms with Crippen LogP contribution in [0.15, 0.2) is 22.8 Å². The molecule has 1 amide bonds. The fourth-order valence-corrected chi connectivity index (χ4v) is 5.69. The standard InChI is InChI=1S/C17H21N3OS2/c21-15(20-8-3-5-12-4-1-2-6-14(12)20)10-23-17-13-7-9-22-16(13)18-11-19-17/h7,9,11-12,14H,1-6,8,10H2/t12-,14+/m0/s1. The Morgan fingerprint density at radius 3 is 3.09 bits per heavy atom. The maximum absolute atomic E-state index is 12.8. The van der Waals surface area contributed by atoms with Crippen LogP contribution in [0.25, 0.3) is 10.2 Å². The Morgan fingerprint density at radius 1 is 1.26 bits per heavy atom. The molecule has 0 unspecified atom stereocenters. The van der Waals surface area contributed by atoms with E-state index in [9.17, 15) is 4.79 Å². The molecule has 0 bridgehead atoms. The first kappa shape index (κ1) is 15.4. The molecule has 1 saturated heterocycles. The fraction of sp³-hybridized carbons (Fsp3) is 0.588. The minimum atomic E-state index is 0.286. The fourth-order valence-electron chi connectivity index (χ4n) is 4.03. The summed E-state index contributed by atoms with van der Waals surface area (Å²) in [6, 6.07) is 2.54. The number of nitrogens with zero attached hydrogens (tertiary/aromatic N) is 3. The summed E-state index contributed by atoms with van der Waals surface area (Å²) in [6.07, 6.45) is 9.20. The Morgan fingerprint density at radius 2 is 2.13 bits per heavy atom. The Hall–Kier alpha value is -1.14. The van der Waals surface area contributed by atoms with Gasteiger partial charge in [0.1, 0.15) is 16.2 Å². The third-order valence-electron chi connectivity index (χ3n) is 5.12. The Balaban J connectivity index is 1.44. The van der Waals surface area contributed by atoms with Crippen LogP contribution < -0.4 is 0 Å². The highest BCUT2D eigenvalue weighted by Gasteiger charge is 2.35. The molecule has 2 atom stereocenters. The largest absolute Gasteiger partial charge is 0.339 e. The quantitative estimate of drug-likeness (QED) is 0.623. The molecule has 2 aliphatic rings. The first-order valence-corrected chi connectivity index (χ1v) is 10.3. The maximum Gasteiger partial charge on any atom is 0.233 e. The lowest BCUT2D eigenvalue weighted by Crippen LogP contribution is -2.50. The van der Waals surface area contributed by atoms with Crippen molar-refractivity contribution in [2.75, 3.05) is 12.3 Å². The number of thioether (sulfide) groups is 1. The molecule has 0 spiro atoms. The summed E-state index contributed by atoms with van der Waals surface area (Å²) >= 11 is 3.18. The lowest BCUT2D eigenvalue weighted by molar-refractivity contribution is -0.134. The van der Waals surface area contributed by atoms with E-state index in [4.69, 9.17) is 0 Å². The molecule has 23 heavy (non-hydrogen) atoms. The predicted molar refractivity (Wildman–Crippen MR) is 94.8 cm³/mol. The molecular formula is C17H21N3OS2. The number of likely N-dealkylation sites (tertiary alicyclic amines) is 1. The molecule has 2 fully saturated rings. The number of hydrogen-bond donors (Lipinski definition) is 0. The molecule has 0 radical (unpaired) electrons. The first-order chi connectivity index (χ1) is 11.3. The average molecular weight is 348 g/mol. The van der Waals surface area contributed by atoms with Gasteiger partial charge in [-0.15, -0.1) is 11.3 Å². The van der Waals surface area contributed by atoms with E-state index in [0.717, 1.165) is 27.7 Å². The van der Waals surface area contributed by atoms with Crippen LogP contribution >= 0.6 is 23.1 Å². The summed E-state index contributed by atoms with van der Waals surface area (Å²) in [4.78, 5) is 24.6. The van der Waals surface area contributed by atoms with Crippen molar-refractivity contribution in [3.8, 4) is 0 Å². The van der Waals surface area contributed by atoms with E-state index in [0.29, 0.717) is 11.8 Å². The number of piperidine rings is 1. The molecule has 0 aromatic carbocycles. The molecule has 4 nitrogen and oxygen atoms in total. The van der Waals surface area contributed by atoms with E-state index in [1.54, 1.807) is 29.4 Å². The predicted octanol–water partition coefficient (Wildman–Crippen LogP) is 3.96. The monoisotopic (exact) mass is 347 g/mol. The van der Waals surface area contributed by atoms with E-state index in [2.05, 4.69) is 14.9 Å². The van der Waals surface area contributed by atoms with Gasteiger partial charge in [0.05, 0.1) is 5.75 Å². The van der Waals surface area contributed by atoms with Crippen molar-refractivity contribution in [3.05, 3.63) is 17.8 Å². The Labute approximate surface area is 144 Å². The Kier molecular flexibility index (Phi) is 4.53. The van der Waals surface area contributed by atoms with Crippen molar-refractivity contribution < 1.29 is 4.79 Å². The first-order valence-electron chi connectivity index (χ1n) is 8.43. The topological polar surface area (TPSA) is 46.1 Å². The maximum atomic E-state index is 12.8. The number of fused-ring (bicyclic) bond motifs is 2. The highest BCUT2D eigenvalue weighted by Crippen LogP contribution is 2.36. The summed E-state index contributed by atoms with van der Waals surface area (Å²) in [5.74, 6) is 1.52.